The summed E-state index contributed by atoms with van der Waals surface area (Å²) in [7, 11) is 1.51. The lowest BCUT2D eigenvalue weighted by atomic mass is 9.80. The Balaban J connectivity index is 1.45. The molecule has 3 aromatic carbocycles. The SMILES string of the molecule is CCCCN(/C=N/c1nc2c(sc(=O)n2[C@H]2C[C@H](OP(OCCC#N)N(C(C)C)C(C)C)[C@@H](COC(c3ccccc3)(c3ccc(OC)cc3)c3ccc(OC)cc3)O2)c(=O)[nH]1)CCCC. The third-order valence-corrected chi connectivity index (χ3v) is 14.5. The van der Waals surface area contributed by atoms with Gasteiger partial charge in [0.2, 0.25) is 5.95 Å². The Hall–Kier alpha value is -4.98. The van der Waals surface area contributed by atoms with Crippen LogP contribution in [0.3, 0.4) is 0 Å². The average Bonchev–Trinajstić information content (AvgIpc) is 3.88. The third kappa shape index (κ3) is 11.9. The van der Waals surface area contributed by atoms with Gasteiger partial charge in [0.15, 0.2) is 5.65 Å². The Bertz CT molecular complexity index is 2410. The first kappa shape index (κ1) is 50.4. The summed E-state index contributed by atoms with van der Waals surface area (Å²) in [6.45, 7) is 14.4. The number of rotatable bonds is 25. The van der Waals surface area contributed by atoms with Crippen molar-refractivity contribution in [3.8, 4) is 17.6 Å². The fourth-order valence-electron chi connectivity index (χ4n) is 8.13. The largest absolute Gasteiger partial charge is 0.497 e. The van der Waals surface area contributed by atoms with Gasteiger partial charge in [0.1, 0.15) is 34.1 Å². The summed E-state index contributed by atoms with van der Waals surface area (Å²) in [5, 5.41) is 9.47. The molecule has 17 heteroatoms. The lowest BCUT2D eigenvalue weighted by Gasteiger charge is -2.39. The number of nitriles is 1. The Morgan fingerprint density at radius 2 is 1.53 bits per heavy atom. The molecule has 0 radical (unpaired) electrons. The van der Waals surface area contributed by atoms with Crippen LogP contribution in [0.25, 0.3) is 10.3 Å². The maximum atomic E-state index is 14.1. The van der Waals surface area contributed by atoms with E-state index in [0.29, 0.717) is 11.5 Å². The molecule has 0 aliphatic carbocycles. The number of hydrogen-bond acceptors (Lipinski definition) is 13. The van der Waals surface area contributed by atoms with Gasteiger partial charge in [-0.25, -0.2) is 9.66 Å². The number of aromatic nitrogens is 3. The number of fused-ring (bicyclic) bond motifs is 1. The average molecular weight is 942 g/mol. The van der Waals surface area contributed by atoms with Gasteiger partial charge in [0, 0.05) is 31.6 Å². The maximum Gasteiger partial charge on any atom is 0.311 e. The van der Waals surface area contributed by atoms with E-state index in [2.05, 4.69) is 67.2 Å². The Morgan fingerprint density at radius 3 is 2.08 bits per heavy atom. The highest BCUT2D eigenvalue weighted by Gasteiger charge is 2.45. The summed E-state index contributed by atoms with van der Waals surface area (Å²) in [5.74, 6) is 1.47. The first-order chi connectivity index (χ1) is 32.0. The van der Waals surface area contributed by atoms with Crippen molar-refractivity contribution in [1.29, 1.82) is 5.26 Å². The summed E-state index contributed by atoms with van der Waals surface area (Å²) in [6.07, 6.45) is 3.81. The van der Waals surface area contributed by atoms with Gasteiger partial charge in [-0.2, -0.15) is 10.2 Å². The number of nitrogens with zero attached hydrogens (tertiary/aromatic N) is 6. The standard InChI is InChI=1S/C49H64N7O8PS/c1-9-11-28-54(29-12-10-2)33-51-47-52-45-44(46(57)53-47)66-48(58)55(45)43-31-41(64-65(62-30-16-27-50)56(34(3)4)35(5)6)42(63-43)32-61-49(36-17-14-13-15-18-36,37-19-23-39(59-7)24-20-37)38-21-25-40(60-8)26-22-38/h13-15,17-26,33-35,41-43H,9-12,16,28-32H2,1-8H3,(H,52,53,57)/b51-33+/t41-,42+,43+,65?/m0/s1. The smallest absolute Gasteiger partial charge is 0.311 e. The minimum Gasteiger partial charge on any atom is -0.497 e. The second-order valence-corrected chi connectivity index (χ2v) is 19.0. The highest BCUT2D eigenvalue weighted by atomic mass is 32.1. The zero-order valence-electron chi connectivity index (χ0n) is 39.3. The van der Waals surface area contributed by atoms with Crippen LogP contribution in [-0.4, -0.2) is 95.3 Å². The zero-order valence-corrected chi connectivity index (χ0v) is 41.1. The van der Waals surface area contributed by atoms with Gasteiger partial charge < -0.3 is 32.9 Å². The molecule has 5 aromatic rings. The van der Waals surface area contributed by atoms with Crippen molar-refractivity contribution in [3.63, 3.8) is 0 Å². The van der Waals surface area contributed by atoms with Gasteiger partial charge in [-0.05, 0) is 81.5 Å². The molecule has 0 spiro atoms. The maximum absolute atomic E-state index is 14.1. The Morgan fingerprint density at radius 1 is 0.939 bits per heavy atom. The van der Waals surface area contributed by atoms with E-state index in [1.165, 1.54) is 4.57 Å². The molecular formula is C49H64N7O8PS. The minimum absolute atomic E-state index is 0.00935. The minimum atomic E-state index is -1.74. The molecule has 2 aromatic heterocycles. The number of unbranched alkanes of at least 4 members (excludes halogenated alkanes) is 2. The van der Waals surface area contributed by atoms with E-state index in [1.807, 2.05) is 78.9 Å². The van der Waals surface area contributed by atoms with E-state index in [9.17, 15) is 14.9 Å². The Kier molecular flexibility index (Phi) is 18.5. The second-order valence-electron chi connectivity index (χ2n) is 16.6. The molecule has 6 rings (SSSR count). The molecule has 0 saturated carbocycles. The van der Waals surface area contributed by atoms with Crippen molar-refractivity contribution in [2.75, 3.05) is 40.5 Å². The van der Waals surface area contributed by atoms with Crippen LogP contribution in [0.1, 0.15) is 103 Å². The monoisotopic (exact) mass is 941 g/mol. The lowest BCUT2D eigenvalue weighted by molar-refractivity contribution is -0.0914. The summed E-state index contributed by atoms with van der Waals surface area (Å²) < 4.78 is 42.7. The van der Waals surface area contributed by atoms with Gasteiger partial charge in [-0.3, -0.25) is 19.1 Å². The van der Waals surface area contributed by atoms with Crippen LogP contribution in [0.2, 0.25) is 0 Å². The van der Waals surface area contributed by atoms with Crippen molar-refractivity contribution in [2.24, 2.45) is 4.99 Å². The molecule has 1 aliphatic heterocycles. The quantitative estimate of drug-likeness (QED) is 0.0194. The molecule has 1 aliphatic rings. The molecule has 0 bridgehead atoms. The van der Waals surface area contributed by atoms with Crippen LogP contribution in [0.5, 0.6) is 11.5 Å². The summed E-state index contributed by atoms with van der Waals surface area (Å²) in [5.41, 5.74) is 1.06. The first-order valence-electron chi connectivity index (χ1n) is 22.8. The molecule has 1 unspecified atom stereocenters. The molecule has 15 nitrogen and oxygen atoms in total. The number of thiazole rings is 1. The van der Waals surface area contributed by atoms with Gasteiger partial charge in [-0.15, -0.1) is 0 Å². The second kappa shape index (κ2) is 24.2. The van der Waals surface area contributed by atoms with E-state index in [4.69, 9.17) is 33.0 Å². The van der Waals surface area contributed by atoms with Crippen LogP contribution >= 0.6 is 19.9 Å². The number of benzene rings is 3. The number of ether oxygens (including phenoxy) is 4. The predicted octanol–water partition coefficient (Wildman–Crippen LogP) is 9.68. The van der Waals surface area contributed by atoms with Gasteiger partial charge in [-0.1, -0.05) is 92.6 Å². The summed E-state index contributed by atoms with van der Waals surface area (Å²) in [4.78, 5) is 41.5. The van der Waals surface area contributed by atoms with Crippen molar-refractivity contribution < 1.29 is 28.0 Å². The number of aromatic amines is 1. The Labute approximate surface area is 393 Å². The lowest BCUT2D eigenvalue weighted by Crippen LogP contribution is -2.39. The van der Waals surface area contributed by atoms with Crippen molar-refractivity contribution in [2.45, 2.75) is 116 Å². The molecular weight excluding hydrogens is 878 g/mol. The van der Waals surface area contributed by atoms with Crippen LogP contribution in [0, 0.1) is 11.3 Å². The molecule has 4 atom stereocenters. The van der Waals surface area contributed by atoms with Crippen LogP contribution in [0.15, 0.2) is 93.4 Å². The van der Waals surface area contributed by atoms with Gasteiger partial charge in [0.25, 0.3) is 14.1 Å². The first-order valence-corrected chi connectivity index (χ1v) is 24.7. The van der Waals surface area contributed by atoms with Crippen molar-refractivity contribution in [3.05, 3.63) is 116 Å². The molecule has 1 saturated heterocycles. The fourth-order valence-corrected chi connectivity index (χ4v) is 10.7. The van der Waals surface area contributed by atoms with Gasteiger partial charge >= 0.3 is 4.87 Å². The fraction of sp³-hybridized carbons (Fsp3) is 0.490. The number of nitrogens with one attached hydrogen (secondary N) is 1. The van der Waals surface area contributed by atoms with E-state index in [-0.39, 0.29) is 54.4 Å². The molecule has 0 amide bonds. The van der Waals surface area contributed by atoms with E-state index in [1.54, 1.807) is 20.6 Å². The molecule has 3 heterocycles. The molecule has 1 fully saturated rings. The number of H-pyrrole nitrogens is 1. The number of methoxy groups -OCH3 is 2. The predicted molar refractivity (Wildman–Crippen MR) is 261 cm³/mol. The van der Waals surface area contributed by atoms with Crippen LogP contribution < -0.4 is 19.9 Å². The molecule has 354 valence electrons. The number of hydrogen-bond donors (Lipinski definition) is 1. The van der Waals surface area contributed by atoms with Crippen LogP contribution in [0.4, 0.5) is 5.95 Å². The normalized spacial score (nSPS) is 17.0. The van der Waals surface area contributed by atoms with E-state index >= 15 is 0 Å². The highest BCUT2D eigenvalue weighted by molar-refractivity contribution is 7.44. The third-order valence-electron chi connectivity index (χ3n) is 11.4. The molecule has 1 N–H and O–H groups in total. The van der Waals surface area contributed by atoms with Crippen LogP contribution in [-0.2, 0) is 24.1 Å². The zero-order chi connectivity index (χ0) is 47.2. The molecule has 66 heavy (non-hydrogen) atoms. The van der Waals surface area contributed by atoms with E-state index in [0.717, 1.165) is 66.8 Å². The van der Waals surface area contributed by atoms with Crippen molar-refractivity contribution in [1.82, 2.24) is 24.1 Å². The van der Waals surface area contributed by atoms with Gasteiger partial charge in [0.05, 0.1) is 52.4 Å². The van der Waals surface area contributed by atoms with Crippen molar-refractivity contribution >= 4 is 42.5 Å². The highest BCUT2D eigenvalue weighted by Crippen LogP contribution is 2.51. The van der Waals surface area contributed by atoms with E-state index < -0.39 is 43.0 Å². The summed E-state index contributed by atoms with van der Waals surface area (Å²) >= 11 is 0.812. The summed E-state index contributed by atoms with van der Waals surface area (Å²) in [6, 6.07) is 27.8. The number of aliphatic imine (C=N–C) groups is 1. The topological polar surface area (TPSA) is 166 Å².